The van der Waals surface area contributed by atoms with E-state index < -0.39 is 0 Å². The van der Waals surface area contributed by atoms with Gasteiger partial charge < -0.3 is 15.0 Å². The fraction of sp³-hybridized carbons (Fsp3) is 0.385. The quantitative estimate of drug-likeness (QED) is 0.598. The van der Waals surface area contributed by atoms with Crippen molar-refractivity contribution in [2.75, 3.05) is 50.1 Å². The van der Waals surface area contributed by atoms with Crippen molar-refractivity contribution in [3.05, 3.63) is 71.0 Å². The highest BCUT2D eigenvalue weighted by molar-refractivity contribution is 5.93. The first kappa shape index (κ1) is 23.0. The molecule has 174 valence electrons. The first-order chi connectivity index (χ1) is 15.9. The predicted molar refractivity (Wildman–Crippen MR) is 132 cm³/mol. The SMILES string of the molecule is Cc1ccc(-n2nc(C)c(NC(=O)CN(C)Cc3ccccc3N3CCOCC3)c2C)cc1. The molecule has 4 rings (SSSR count). The van der Waals surface area contributed by atoms with Gasteiger partial charge in [-0.15, -0.1) is 0 Å². The number of nitrogens with zero attached hydrogens (tertiary/aromatic N) is 4. The number of aryl methyl sites for hydroxylation is 2. The summed E-state index contributed by atoms with van der Waals surface area (Å²) in [7, 11) is 1.98. The molecule has 1 aliphatic heterocycles. The van der Waals surface area contributed by atoms with Gasteiger partial charge in [-0.3, -0.25) is 9.69 Å². The molecule has 0 bridgehead atoms. The molecule has 1 N–H and O–H groups in total. The fourth-order valence-electron chi connectivity index (χ4n) is 4.29. The van der Waals surface area contributed by atoms with Gasteiger partial charge in [-0.05, 0) is 51.6 Å². The molecular weight excluding hydrogens is 414 g/mol. The third-order valence-corrected chi connectivity index (χ3v) is 6.03. The van der Waals surface area contributed by atoms with E-state index in [2.05, 4.69) is 58.6 Å². The first-order valence-electron chi connectivity index (χ1n) is 11.4. The van der Waals surface area contributed by atoms with Crippen LogP contribution in [0.1, 0.15) is 22.5 Å². The summed E-state index contributed by atoms with van der Waals surface area (Å²) in [6, 6.07) is 16.6. The number of para-hydroxylation sites is 1. The molecule has 0 radical (unpaired) electrons. The van der Waals surface area contributed by atoms with Crippen molar-refractivity contribution in [1.29, 1.82) is 0 Å². The van der Waals surface area contributed by atoms with E-state index in [1.165, 1.54) is 16.8 Å². The number of carbonyl (C=O) groups excluding carboxylic acids is 1. The van der Waals surface area contributed by atoms with Crippen molar-refractivity contribution in [3.8, 4) is 5.69 Å². The van der Waals surface area contributed by atoms with E-state index in [-0.39, 0.29) is 5.91 Å². The zero-order chi connectivity index (χ0) is 23.4. The van der Waals surface area contributed by atoms with Crippen LogP contribution in [0, 0.1) is 20.8 Å². The highest BCUT2D eigenvalue weighted by Gasteiger charge is 2.18. The molecule has 7 heteroatoms. The number of ether oxygens (including phenoxy) is 1. The number of likely N-dealkylation sites (N-methyl/N-ethyl adjacent to an activating group) is 1. The topological polar surface area (TPSA) is 62.6 Å². The van der Waals surface area contributed by atoms with Crippen LogP contribution in [0.3, 0.4) is 0 Å². The van der Waals surface area contributed by atoms with Gasteiger partial charge in [0.05, 0.1) is 42.5 Å². The molecule has 2 aromatic carbocycles. The maximum absolute atomic E-state index is 12.9. The van der Waals surface area contributed by atoms with Crippen LogP contribution in [-0.4, -0.2) is 60.5 Å². The number of amides is 1. The summed E-state index contributed by atoms with van der Waals surface area (Å²) in [5.41, 5.74) is 7.13. The van der Waals surface area contributed by atoms with Gasteiger partial charge in [-0.2, -0.15) is 5.10 Å². The van der Waals surface area contributed by atoms with Crippen LogP contribution >= 0.6 is 0 Å². The minimum atomic E-state index is -0.0454. The zero-order valence-corrected chi connectivity index (χ0v) is 20.0. The number of anilines is 2. The number of morpholine rings is 1. The second-order valence-electron chi connectivity index (χ2n) is 8.74. The Hall–Kier alpha value is -3.16. The van der Waals surface area contributed by atoms with Gasteiger partial charge in [0, 0.05) is 25.3 Å². The maximum Gasteiger partial charge on any atom is 0.238 e. The van der Waals surface area contributed by atoms with Gasteiger partial charge in [0.25, 0.3) is 0 Å². The molecule has 0 aliphatic carbocycles. The molecule has 1 aliphatic rings. The van der Waals surface area contributed by atoms with Gasteiger partial charge in [0.1, 0.15) is 0 Å². The van der Waals surface area contributed by atoms with Crippen LogP contribution in [0.5, 0.6) is 0 Å². The summed E-state index contributed by atoms with van der Waals surface area (Å²) in [6.07, 6.45) is 0. The van der Waals surface area contributed by atoms with Gasteiger partial charge in [0.2, 0.25) is 5.91 Å². The second-order valence-corrected chi connectivity index (χ2v) is 8.74. The first-order valence-corrected chi connectivity index (χ1v) is 11.4. The minimum absolute atomic E-state index is 0.0454. The average molecular weight is 448 g/mol. The zero-order valence-electron chi connectivity index (χ0n) is 20.0. The van der Waals surface area contributed by atoms with E-state index >= 15 is 0 Å². The molecule has 33 heavy (non-hydrogen) atoms. The van der Waals surface area contributed by atoms with Crippen LogP contribution in [0.25, 0.3) is 5.69 Å². The van der Waals surface area contributed by atoms with Crippen molar-refractivity contribution >= 4 is 17.3 Å². The number of hydrogen-bond acceptors (Lipinski definition) is 5. The largest absolute Gasteiger partial charge is 0.378 e. The van der Waals surface area contributed by atoms with Crippen LogP contribution < -0.4 is 10.2 Å². The Kier molecular flexibility index (Phi) is 7.11. The Balaban J connectivity index is 1.41. The molecular formula is C26H33N5O2. The standard InChI is InChI=1S/C26H33N5O2/c1-19-9-11-23(12-10-19)31-21(3)26(20(2)28-31)27-25(32)18-29(4)17-22-7-5-6-8-24(22)30-13-15-33-16-14-30/h5-12H,13-18H2,1-4H3,(H,27,32). The highest BCUT2D eigenvalue weighted by atomic mass is 16.5. The van der Waals surface area contributed by atoms with Gasteiger partial charge in [-0.25, -0.2) is 4.68 Å². The Morgan fingerprint density at radius 3 is 2.48 bits per heavy atom. The Morgan fingerprint density at radius 1 is 1.06 bits per heavy atom. The van der Waals surface area contributed by atoms with Crippen molar-refractivity contribution in [3.63, 3.8) is 0 Å². The summed E-state index contributed by atoms with van der Waals surface area (Å²) in [6.45, 7) is 10.3. The van der Waals surface area contributed by atoms with Crippen LogP contribution in [0.4, 0.5) is 11.4 Å². The summed E-state index contributed by atoms with van der Waals surface area (Å²) in [4.78, 5) is 17.3. The van der Waals surface area contributed by atoms with Crippen molar-refractivity contribution in [2.24, 2.45) is 0 Å². The summed E-state index contributed by atoms with van der Waals surface area (Å²) >= 11 is 0. The lowest BCUT2D eigenvalue weighted by atomic mass is 10.1. The second kappa shape index (κ2) is 10.2. The molecule has 0 unspecified atom stereocenters. The Labute approximate surface area is 196 Å². The molecule has 1 fully saturated rings. The summed E-state index contributed by atoms with van der Waals surface area (Å²) in [5.74, 6) is -0.0454. The number of hydrogen-bond donors (Lipinski definition) is 1. The van der Waals surface area contributed by atoms with Gasteiger partial charge in [0.15, 0.2) is 0 Å². The maximum atomic E-state index is 12.9. The molecule has 0 atom stereocenters. The molecule has 0 spiro atoms. The van der Waals surface area contributed by atoms with E-state index in [0.29, 0.717) is 13.1 Å². The van der Waals surface area contributed by atoms with E-state index in [1.807, 2.05) is 42.6 Å². The van der Waals surface area contributed by atoms with E-state index in [4.69, 9.17) is 4.74 Å². The number of carbonyl (C=O) groups is 1. The lowest BCUT2D eigenvalue weighted by Crippen LogP contribution is -2.37. The predicted octanol–water partition coefficient (Wildman–Crippen LogP) is 3.70. The van der Waals surface area contributed by atoms with Crippen molar-refractivity contribution in [1.82, 2.24) is 14.7 Å². The Bertz CT molecular complexity index is 1100. The number of aromatic nitrogens is 2. The van der Waals surface area contributed by atoms with Crippen LogP contribution in [0.15, 0.2) is 48.5 Å². The molecule has 7 nitrogen and oxygen atoms in total. The lowest BCUT2D eigenvalue weighted by Gasteiger charge is -2.31. The molecule has 1 aromatic heterocycles. The van der Waals surface area contributed by atoms with E-state index in [0.717, 1.165) is 49.1 Å². The van der Waals surface area contributed by atoms with Gasteiger partial charge >= 0.3 is 0 Å². The van der Waals surface area contributed by atoms with Crippen LogP contribution in [-0.2, 0) is 16.1 Å². The normalized spacial score (nSPS) is 14.0. The number of nitrogens with one attached hydrogen (secondary N) is 1. The highest BCUT2D eigenvalue weighted by Crippen LogP contribution is 2.24. The smallest absolute Gasteiger partial charge is 0.238 e. The summed E-state index contributed by atoms with van der Waals surface area (Å²) in [5, 5.41) is 7.73. The van der Waals surface area contributed by atoms with Crippen molar-refractivity contribution < 1.29 is 9.53 Å². The van der Waals surface area contributed by atoms with Crippen LogP contribution in [0.2, 0.25) is 0 Å². The fourth-order valence-corrected chi connectivity index (χ4v) is 4.29. The lowest BCUT2D eigenvalue weighted by molar-refractivity contribution is -0.117. The Morgan fingerprint density at radius 2 is 1.76 bits per heavy atom. The third-order valence-electron chi connectivity index (χ3n) is 6.03. The monoisotopic (exact) mass is 447 g/mol. The van der Waals surface area contributed by atoms with E-state index in [9.17, 15) is 4.79 Å². The molecule has 0 saturated carbocycles. The summed E-state index contributed by atoms with van der Waals surface area (Å²) < 4.78 is 7.38. The van der Waals surface area contributed by atoms with Gasteiger partial charge in [-0.1, -0.05) is 35.9 Å². The van der Waals surface area contributed by atoms with Crippen molar-refractivity contribution in [2.45, 2.75) is 27.3 Å². The molecule has 3 aromatic rings. The molecule has 2 heterocycles. The number of benzene rings is 2. The number of rotatable bonds is 7. The minimum Gasteiger partial charge on any atom is -0.378 e. The van der Waals surface area contributed by atoms with E-state index in [1.54, 1.807) is 0 Å². The third kappa shape index (κ3) is 5.43. The average Bonchev–Trinajstić information content (AvgIpc) is 3.08. The molecule has 1 saturated heterocycles. The molecule has 1 amide bonds.